The number of rotatable bonds is 5. The van der Waals surface area contributed by atoms with Crippen LogP contribution in [0.4, 0.5) is 11.4 Å². The summed E-state index contributed by atoms with van der Waals surface area (Å²) in [5.41, 5.74) is 17.2. The van der Waals surface area contributed by atoms with Gasteiger partial charge in [0.15, 0.2) is 0 Å². The van der Waals surface area contributed by atoms with Crippen molar-refractivity contribution in [3.05, 3.63) is 234 Å². The van der Waals surface area contributed by atoms with Gasteiger partial charge in [-0.1, -0.05) is 176 Å². The number of allylic oxidation sites excluding steroid dienone is 11. The molecule has 5 aliphatic carbocycles. The Balaban J connectivity index is 1.15. The molecule has 12 rings (SSSR count). The highest BCUT2D eigenvalue weighted by atomic mass is 15.2. The van der Waals surface area contributed by atoms with Crippen LogP contribution < -0.4 is 4.90 Å². The lowest BCUT2D eigenvalue weighted by atomic mass is 9.65. The number of hydrogen-bond donors (Lipinski definition) is 0. The van der Waals surface area contributed by atoms with E-state index < -0.39 is 0 Å². The van der Waals surface area contributed by atoms with Crippen LogP contribution in [-0.2, 0) is 5.41 Å². The third-order valence-corrected chi connectivity index (χ3v) is 13.6. The summed E-state index contributed by atoms with van der Waals surface area (Å²) in [6, 6.07) is 56.9. The van der Waals surface area contributed by atoms with E-state index in [1.54, 1.807) is 0 Å². The van der Waals surface area contributed by atoms with Crippen molar-refractivity contribution < 1.29 is 0 Å². The van der Waals surface area contributed by atoms with E-state index in [2.05, 4.69) is 205 Å². The third-order valence-electron chi connectivity index (χ3n) is 13.6. The second-order valence-electron chi connectivity index (χ2n) is 16.5. The molecule has 0 radical (unpaired) electrons. The van der Waals surface area contributed by atoms with Crippen molar-refractivity contribution in [3.63, 3.8) is 0 Å². The maximum atomic E-state index is 2.62. The van der Waals surface area contributed by atoms with Crippen molar-refractivity contribution in [1.82, 2.24) is 0 Å². The lowest BCUT2D eigenvalue weighted by molar-refractivity contribution is 0.450. The molecule has 0 aromatic heterocycles. The minimum Gasteiger partial charge on any atom is -0.310 e. The number of benzene rings is 7. The second-order valence-corrected chi connectivity index (χ2v) is 16.5. The maximum Gasteiger partial charge on any atom is 0.0546 e. The molecule has 5 aliphatic rings. The first-order chi connectivity index (χ1) is 28.8. The summed E-state index contributed by atoms with van der Waals surface area (Å²) in [6.45, 7) is 0. The zero-order chi connectivity index (χ0) is 38.2. The Morgan fingerprint density at radius 3 is 2.19 bits per heavy atom. The van der Waals surface area contributed by atoms with E-state index in [4.69, 9.17) is 0 Å². The van der Waals surface area contributed by atoms with Crippen LogP contribution in [-0.4, -0.2) is 0 Å². The summed E-state index contributed by atoms with van der Waals surface area (Å²) in [7, 11) is 0. The van der Waals surface area contributed by atoms with Crippen LogP contribution in [0.1, 0.15) is 42.4 Å². The minimum absolute atomic E-state index is 0.259. The molecule has 1 spiro atoms. The molecule has 3 atom stereocenters. The Labute approximate surface area is 341 Å². The molecule has 0 saturated heterocycles. The van der Waals surface area contributed by atoms with Crippen LogP contribution in [0.3, 0.4) is 0 Å². The van der Waals surface area contributed by atoms with E-state index in [0.717, 1.165) is 25.7 Å². The van der Waals surface area contributed by atoms with Crippen LogP contribution in [0.25, 0.3) is 49.4 Å². The van der Waals surface area contributed by atoms with Gasteiger partial charge in [0.05, 0.1) is 16.8 Å². The van der Waals surface area contributed by atoms with Crippen LogP contribution >= 0.6 is 0 Å². The number of nitrogens with zero attached hydrogens (tertiary/aromatic N) is 1. The third kappa shape index (κ3) is 4.83. The van der Waals surface area contributed by atoms with Crippen LogP contribution in [0, 0.1) is 11.8 Å². The average Bonchev–Trinajstić information content (AvgIpc) is 3.77. The van der Waals surface area contributed by atoms with Crippen molar-refractivity contribution in [3.8, 4) is 22.3 Å². The molecule has 1 saturated carbocycles. The Morgan fingerprint density at radius 2 is 1.26 bits per heavy atom. The molecular formula is C57H43N. The van der Waals surface area contributed by atoms with Gasteiger partial charge < -0.3 is 4.90 Å². The van der Waals surface area contributed by atoms with E-state index in [-0.39, 0.29) is 5.41 Å². The van der Waals surface area contributed by atoms with Crippen LogP contribution in [0.5, 0.6) is 0 Å². The molecule has 7 aromatic rings. The van der Waals surface area contributed by atoms with Crippen molar-refractivity contribution in [2.45, 2.75) is 31.1 Å². The Bertz CT molecular complexity index is 3020. The van der Waals surface area contributed by atoms with Crippen molar-refractivity contribution in [2.24, 2.45) is 11.8 Å². The lowest BCUT2D eigenvalue weighted by Crippen LogP contribution is -2.33. The van der Waals surface area contributed by atoms with Gasteiger partial charge >= 0.3 is 0 Å². The predicted octanol–water partition coefficient (Wildman–Crippen LogP) is 14.8. The summed E-state index contributed by atoms with van der Waals surface area (Å²) in [4.78, 5) is 2.62. The fourth-order valence-electron chi connectivity index (χ4n) is 11.3. The van der Waals surface area contributed by atoms with Crippen molar-refractivity contribution >= 4 is 38.5 Å². The fraction of sp³-hybridized carbons (Fsp3) is 0.123. The summed E-state index contributed by atoms with van der Waals surface area (Å²) >= 11 is 0. The smallest absolute Gasteiger partial charge is 0.0546 e. The molecule has 1 nitrogen and oxygen atoms in total. The second kappa shape index (κ2) is 13.2. The molecule has 1 heteroatoms. The predicted molar refractivity (Wildman–Crippen MR) is 244 cm³/mol. The molecular weight excluding hydrogens is 699 g/mol. The molecule has 0 N–H and O–H groups in total. The largest absolute Gasteiger partial charge is 0.310 e. The first-order valence-electron chi connectivity index (χ1n) is 21.1. The number of fused-ring (bicyclic) bond motifs is 12. The van der Waals surface area contributed by atoms with Gasteiger partial charge in [0.25, 0.3) is 0 Å². The van der Waals surface area contributed by atoms with Crippen molar-refractivity contribution in [1.29, 1.82) is 0 Å². The van der Waals surface area contributed by atoms with Gasteiger partial charge in [-0.2, -0.15) is 0 Å². The lowest BCUT2D eigenvalue weighted by Gasteiger charge is -2.37. The number of anilines is 2. The summed E-state index contributed by atoms with van der Waals surface area (Å²) in [5.74, 6) is 0.682. The normalized spacial score (nSPS) is 21.2. The van der Waals surface area contributed by atoms with Gasteiger partial charge in [-0.3, -0.25) is 0 Å². The highest BCUT2D eigenvalue weighted by Crippen LogP contribution is 2.68. The minimum atomic E-state index is -0.259. The molecule has 0 amide bonds. The molecule has 0 heterocycles. The first kappa shape index (κ1) is 33.4. The topological polar surface area (TPSA) is 3.24 Å². The van der Waals surface area contributed by atoms with Gasteiger partial charge in [-0.05, 0) is 116 Å². The first-order valence-corrected chi connectivity index (χ1v) is 21.1. The monoisotopic (exact) mass is 741 g/mol. The van der Waals surface area contributed by atoms with Gasteiger partial charge in [0, 0.05) is 28.7 Å². The van der Waals surface area contributed by atoms with Gasteiger partial charge in [-0.25, -0.2) is 0 Å². The Morgan fingerprint density at radius 1 is 0.517 bits per heavy atom. The summed E-state index contributed by atoms with van der Waals surface area (Å²) < 4.78 is 0. The maximum absolute atomic E-state index is 2.62. The van der Waals surface area contributed by atoms with E-state index in [9.17, 15) is 0 Å². The molecule has 58 heavy (non-hydrogen) atoms. The van der Waals surface area contributed by atoms with Gasteiger partial charge in [0.1, 0.15) is 0 Å². The molecule has 0 bridgehead atoms. The van der Waals surface area contributed by atoms with E-state index in [1.165, 1.54) is 94.3 Å². The Hall–Kier alpha value is -6.70. The zero-order valence-electron chi connectivity index (χ0n) is 32.5. The van der Waals surface area contributed by atoms with E-state index in [1.807, 2.05) is 0 Å². The highest BCUT2D eigenvalue weighted by molar-refractivity contribution is 6.06. The molecule has 276 valence electrons. The number of hydrogen-bond acceptors (Lipinski definition) is 1. The van der Waals surface area contributed by atoms with Crippen molar-refractivity contribution in [2.75, 3.05) is 4.90 Å². The molecule has 1 fully saturated rings. The molecule has 7 aromatic carbocycles. The van der Waals surface area contributed by atoms with Crippen LogP contribution in [0.2, 0.25) is 0 Å². The summed E-state index contributed by atoms with van der Waals surface area (Å²) in [6.07, 6.45) is 23.8. The average molecular weight is 742 g/mol. The summed E-state index contributed by atoms with van der Waals surface area (Å²) in [5, 5.41) is 5.06. The van der Waals surface area contributed by atoms with Gasteiger partial charge in [-0.15, -0.1) is 0 Å². The fourth-order valence-corrected chi connectivity index (χ4v) is 11.3. The Kier molecular flexibility index (Phi) is 7.60. The zero-order valence-corrected chi connectivity index (χ0v) is 32.5. The van der Waals surface area contributed by atoms with E-state index in [0.29, 0.717) is 11.8 Å². The van der Waals surface area contributed by atoms with E-state index >= 15 is 0 Å². The highest BCUT2D eigenvalue weighted by Gasteiger charge is 2.59. The molecule has 0 aliphatic heterocycles. The quantitative estimate of drug-likeness (QED) is 0.170. The SMILES string of the molecule is C1=CC2C3=CCCC=C3C3(c4ccccc4-c4c(N(C5=CCCC(c6ccc7ccccc7c6)=C5)c5ccc6ccccc6c5-c5ccccc5)cccc43)C2C=C1. The standard InChI is InChI=1S/C57H43N/c1-2-18-40(19-3-1)55-45-23-7-6-17-39(45)34-35-54(55)58(44-22-14-21-42(37-44)43-33-32-38-16-4-5-20-41(38)36-43)53-31-15-30-52-56(53)48-26-10-13-29-51(48)57(52)49-27-11-8-24-46(49)47-25-9-12-28-50(47)57/h1-8,10-11,13,15-20,22-37,46,49H,9,12,14,21H2. The van der Waals surface area contributed by atoms with Crippen LogP contribution in [0.15, 0.2) is 217 Å². The van der Waals surface area contributed by atoms with Gasteiger partial charge in [0.2, 0.25) is 0 Å². The molecule has 3 unspecified atom stereocenters.